The summed E-state index contributed by atoms with van der Waals surface area (Å²) in [4.78, 5) is 82.6. The average molecular weight is 743 g/mol. The predicted octanol–water partition coefficient (Wildman–Crippen LogP) is 3.58. The molecule has 6 atom stereocenters. The number of rotatable bonds is 18. The fourth-order valence-corrected chi connectivity index (χ4v) is 7.55. The van der Waals surface area contributed by atoms with Gasteiger partial charge in [-0.2, -0.15) is 0 Å². The fourth-order valence-electron chi connectivity index (χ4n) is 6.72. The Morgan fingerprint density at radius 1 is 1.12 bits per heavy atom. The van der Waals surface area contributed by atoms with Crippen LogP contribution < -0.4 is 5.32 Å². The molecule has 1 aliphatic heterocycles. The number of aromatic nitrogens is 3. The lowest BCUT2D eigenvalue weighted by Gasteiger charge is -2.36. The molecule has 52 heavy (non-hydrogen) atoms. The van der Waals surface area contributed by atoms with E-state index < -0.39 is 41.8 Å². The molecule has 1 N–H and O–H groups in total. The maximum absolute atomic E-state index is 14.1. The number of esters is 2. The zero-order chi connectivity index (χ0) is 38.1. The molecule has 1 saturated heterocycles. The zero-order valence-electron chi connectivity index (χ0n) is 31.6. The van der Waals surface area contributed by atoms with Crippen LogP contribution in [0.3, 0.4) is 0 Å². The minimum absolute atomic E-state index is 0.0155. The number of ether oxygens (including phenoxy) is 3. The lowest BCUT2D eigenvalue weighted by Crippen LogP contribution is -2.50. The summed E-state index contributed by atoms with van der Waals surface area (Å²) in [6.45, 7) is 10.5. The van der Waals surface area contributed by atoms with Crippen molar-refractivity contribution in [3.05, 3.63) is 39.9 Å². The Kier molecular flexibility index (Phi) is 14.8. The molecular weight excluding hydrogens is 689 g/mol. The number of hydrogen-bond donors (Lipinski definition) is 1. The lowest BCUT2D eigenvalue weighted by molar-refractivity contribution is -0.149. The van der Waals surface area contributed by atoms with Gasteiger partial charge in [0.05, 0.1) is 32.3 Å². The van der Waals surface area contributed by atoms with E-state index >= 15 is 0 Å². The van der Waals surface area contributed by atoms with Gasteiger partial charge in [0.1, 0.15) is 16.5 Å². The molecule has 0 unspecified atom stereocenters. The van der Waals surface area contributed by atoms with E-state index in [9.17, 15) is 24.0 Å². The highest BCUT2D eigenvalue weighted by Crippen LogP contribution is 2.41. The van der Waals surface area contributed by atoms with Crippen LogP contribution in [0, 0.1) is 30.6 Å². The van der Waals surface area contributed by atoms with Gasteiger partial charge in [-0.1, -0.05) is 20.8 Å². The van der Waals surface area contributed by atoms with Gasteiger partial charge in [0.15, 0.2) is 11.9 Å². The summed E-state index contributed by atoms with van der Waals surface area (Å²) in [6, 6.07) is -1.21. The Balaban J connectivity index is 1.49. The van der Waals surface area contributed by atoms with Crippen molar-refractivity contribution < 1.29 is 38.2 Å². The molecule has 0 aromatic carbocycles. The van der Waals surface area contributed by atoms with Gasteiger partial charge in [-0.3, -0.25) is 28.9 Å². The molecule has 2 aliphatic rings. The summed E-state index contributed by atoms with van der Waals surface area (Å²) in [7, 11) is 4.98. The van der Waals surface area contributed by atoms with Gasteiger partial charge in [-0.15, -0.1) is 11.3 Å². The number of ketones is 1. The van der Waals surface area contributed by atoms with Gasteiger partial charge in [-0.05, 0) is 50.6 Å². The smallest absolute Gasteiger partial charge is 0.308 e. The van der Waals surface area contributed by atoms with Crippen LogP contribution in [0.2, 0.25) is 0 Å². The fraction of sp³-hybridized carbons (Fsp3) is 0.676. The van der Waals surface area contributed by atoms with Gasteiger partial charge < -0.3 is 24.4 Å². The van der Waals surface area contributed by atoms with Crippen molar-refractivity contribution in [2.75, 3.05) is 41.0 Å². The molecule has 0 bridgehead atoms. The first kappa shape index (κ1) is 40.9. The quantitative estimate of drug-likeness (QED) is 0.221. The number of morpholine rings is 1. The van der Waals surface area contributed by atoms with Gasteiger partial charge in [0.2, 0.25) is 5.91 Å². The summed E-state index contributed by atoms with van der Waals surface area (Å²) < 4.78 is 16.2. The SMILES string of the molecule is COC(=O)[C@@H](C)C[C@H](Cc1ncc(C)cn1)NC(=O)c1csc([C@@H](C[C@H](C(C)C)N(C)C(=O)[C@@H](CC(=O)[C@H]2COCCN2C)C2CC2)OC(C)=O)n1. The Labute approximate surface area is 310 Å². The van der Waals surface area contributed by atoms with Crippen molar-refractivity contribution >= 4 is 40.9 Å². The molecule has 2 amide bonds. The molecule has 2 fully saturated rings. The number of carbonyl (C=O) groups excluding carboxylic acids is 5. The summed E-state index contributed by atoms with van der Waals surface area (Å²) >= 11 is 1.19. The van der Waals surface area contributed by atoms with Crippen molar-refractivity contribution in [3.8, 4) is 0 Å². The van der Waals surface area contributed by atoms with E-state index in [1.165, 1.54) is 25.4 Å². The number of aryl methyl sites for hydroxylation is 1. The largest absolute Gasteiger partial charge is 0.469 e. The van der Waals surface area contributed by atoms with Crippen molar-refractivity contribution in [1.82, 2.24) is 30.1 Å². The second-order valence-electron chi connectivity index (χ2n) is 14.6. The standard InChI is InChI=1S/C37H54N6O8S/c1-21(2)29(43(7)36(47)27(25-9-10-25)15-31(45)30-19-50-12-11-42(30)6)16-32(51-24(5)44)35-41-28(20-52-35)34(46)40-26(13-23(4)37(48)49-8)14-33-38-17-22(3)18-39-33/h17-18,20-21,23,25-27,29-30,32H,9-16,19H2,1-8H3,(H,40,46)/t23-,26+,27-,29+,30+,32+/m0/s1. The van der Waals surface area contributed by atoms with Crippen molar-refractivity contribution in [3.63, 3.8) is 0 Å². The van der Waals surface area contributed by atoms with E-state index in [0.29, 0.717) is 30.6 Å². The third kappa shape index (κ3) is 11.3. The summed E-state index contributed by atoms with van der Waals surface area (Å²) in [5.41, 5.74) is 1.03. The molecular formula is C37H54N6O8S. The number of Topliss-reactive ketones (excluding diaryl/α,β-unsaturated/α-hetero) is 1. The Morgan fingerprint density at radius 2 is 1.81 bits per heavy atom. The van der Waals surface area contributed by atoms with E-state index in [1.54, 1.807) is 36.6 Å². The summed E-state index contributed by atoms with van der Waals surface area (Å²) in [5, 5.41) is 5.00. The number of hydrogen-bond acceptors (Lipinski definition) is 13. The van der Waals surface area contributed by atoms with E-state index in [1.807, 2.05) is 32.7 Å². The van der Waals surface area contributed by atoms with Crippen LogP contribution in [0.15, 0.2) is 17.8 Å². The number of likely N-dealkylation sites (N-methyl/N-ethyl adjacent to an activating group) is 1. The third-order valence-corrected chi connectivity index (χ3v) is 10.9. The van der Waals surface area contributed by atoms with Gasteiger partial charge in [-0.25, -0.2) is 15.0 Å². The van der Waals surface area contributed by atoms with E-state index in [4.69, 9.17) is 14.2 Å². The van der Waals surface area contributed by atoms with E-state index in [2.05, 4.69) is 20.3 Å². The number of thiazole rings is 1. The molecule has 3 heterocycles. The minimum atomic E-state index is -0.822. The van der Waals surface area contributed by atoms with Crippen LogP contribution >= 0.6 is 11.3 Å². The highest BCUT2D eigenvalue weighted by atomic mass is 32.1. The number of amides is 2. The van der Waals surface area contributed by atoms with Crippen LogP contribution in [-0.4, -0.2) is 113 Å². The molecule has 15 heteroatoms. The maximum Gasteiger partial charge on any atom is 0.308 e. The first-order chi connectivity index (χ1) is 24.7. The molecule has 1 saturated carbocycles. The third-order valence-electron chi connectivity index (χ3n) is 9.95. The van der Waals surface area contributed by atoms with E-state index in [0.717, 1.165) is 18.4 Å². The normalized spacial score (nSPS) is 19.2. The monoisotopic (exact) mass is 742 g/mol. The molecule has 0 spiro atoms. The van der Waals surface area contributed by atoms with Crippen LogP contribution in [0.1, 0.15) is 92.8 Å². The van der Waals surface area contributed by atoms with Crippen molar-refractivity contribution in [2.45, 2.75) is 97.4 Å². The number of nitrogens with zero attached hydrogens (tertiary/aromatic N) is 5. The first-order valence-corrected chi connectivity index (χ1v) is 18.9. The molecule has 0 radical (unpaired) electrons. The molecule has 2 aromatic heterocycles. The Hall–Kier alpha value is -3.82. The first-order valence-electron chi connectivity index (χ1n) is 18.0. The number of methoxy groups -OCH3 is 1. The number of carbonyl (C=O) groups is 5. The zero-order valence-corrected chi connectivity index (χ0v) is 32.4. The Morgan fingerprint density at radius 3 is 2.40 bits per heavy atom. The van der Waals surface area contributed by atoms with E-state index in [-0.39, 0.29) is 67.0 Å². The van der Waals surface area contributed by atoms with Gasteiger partial charge >= 0.3 is 11.9 Å². The summed E-state index contributed by atoms with van der Waals surface area (Å²) in [5.74, 6) is -1.73. The number of nitrogens with one attached hydrogen (secondary N) is 1. The van der Waals surface area contributed by atoms with Gasteiger partial charge in [0.25, 0.3) is 5.91 Å². The molecule has 4 rings (SSSR count). The molecule has 1 aliphatic carbocycles. The lowest BCUT2D eigenvalue weighted by atomic mass is 9.90. The molecule has 2 aromatic rings. The van der Waals surface area contributed by atoms with Crippen LogP contribution in [0.25, 0.3) is 0 Å². The van der Waals surface area contributed by atoms with Crippen molar-refractivity contribution in [2.24, 2.45) is 23.7 Å². The molecule has 286 valence electrons. The Bertz CT molecular complexity index is 1550. The molecule has 14 nitrogen and oxygen atoms in total. The highest BCUT2D eigenvalue weighted by molar-refractivity contribution is 7.09. The average Bonchev–Trinajstić information content (AvgIpc) is 3.83. The van der Waals surface area contributed by atoms with Crippen LogP contribution in [-0.2, 0) is 39.8 Å². The second kappa shape index (κ2) is 18.8. The predicted molar refractivity (Wildman–Crippen MR) is 193 cm³/mol. The summed E-state index contributed by atoms with van der Waals surface area (Å²) in [6.07, 6.45) is 5.36. The van der Waals surface area contributed by atoms with Crippen LogP contribution in [0.4, 0.5) is 0 Å². The van der Waals surface area contributed by atoms with Crippen molar-refractivity contribution in [1.29, 1.82) is 0 Å². The van der Waals surface area contributed by atoms with Crippen LogP contribution in [0.5, 0.6) is 0 Å². The van der Waals surface area contributed by atoms with Gasteiger partial charge in [0, 0.05) is 75.6 Å². The minimum Gasteiger partial charge on any atom is -0.469 e. The highest BCUT2D eigenvalue weighted by Gasteiger charge is 2.42. The second-order valence-corrected chi connectivity index (χ2v) is 15.5. The maximum atomic E-state index is 14.1. The topological polar surface area (TPSA) is 170 Å².